The molecule has 2 fully saturated rings. The molecule has 1 saturated heterocycles. The number of benzene rings is 2. The summed E-state index contributed by atoms with van der Waals surface area (Å²) in [5.41, 5.74) is 1.86. The summed E-state index contributed by atoms with van der Waals surface area (Å²) in [5, 5.41) is 4.99. The van der Waals surface area contributed by atoms with Crippen molar-refractivity contribution in [3.05, 3.63) is 77.3 Å². The number of aromatic nitrogens is 3. The lowest BCUT2D eigenvalue weighted by Gasteiger charge is -2.48. The molecule has 1 atom stereocenters. The standard InChI is InChI=1S/C30H38ClN5O3S/c1-23-7-13-27(14-8-23)40(38,39)34-28(19-24-9-11-26(31)12-10-24)29(37)35-17-15-30(16-18-35,20-36-22-32-21-33-36)25-5-3-2-4-6-25/h7-14,21-22,25,28,34H,2-6,15-20H2,1H3/t28-/m1/s1. The molecule has 1 amide bonds. The van der Waals surface area contributed by atoms with E-state index in [0.717, 1.165) is 30.5 Å². The van der Waals surface area contributed by atoms with Gasteiger partial charge in [0, 0.05) is 24.7 Å². The van der Waals surface area contributed by atoms with Gasteiger partial charge < -0.3 is 4.90 Å². The van der Waals surface area contributed by atoms with Gasteiger partial charge in [-0.05, 0) is 80.2 Å². The Labute approximate surface area is 242 Å². The lowest BCUT2D eigenvalue weighted by Crippen LogP contribution is -2.54. The van der Waals surface area contributed by atoms with E-state index in [4.69, 9.17) is 11.6 Å². The summed E-state index contributed by atoms with van der Waals surface area (Å²) in [6, 6.07) is 12.9. The first-order valence-electron chi connectivity index (χ1n) is 14.2. The van der Waals surface area contributed by atoms with Gasteiger partial charge in [0.15, 0.2) is 0 Å². The van der Waals surface area contributed by atoms with E-state index in [2.05, 4.69) is 14.8 Å². The Morgan fingerprint density at radius 3 is 2.35 bits per heavy atom. The molecule has 1 aliphatic carbocycles. The van der Waals surface area contributed by atoms with E-state index in [-0.39, 0.29) is 22.6 Å². The van der Waals surface area contributed by atoms with Crippen molar-refractivity contribution in [3.8, 4) is 0 Å². The van der Waals surface area contributed by atoms with Crippen molar-refractivity contribution in [1.29, 1.82) is 0 Å². The summed E-state index contributed by atoms with van der Waals surface area (Å²) >= 11 is 6.08. The van der Waals surface area contributed by atoms with Crippen LogP contribution in [0.2, 0.25) is 5.02 Å². The molecule has 40 heavy (non-hydrogen) atoms. The Hall–Kier alpha value is -2.75. The Kier molecular flexibility index (Phi) is 8.92. The molecule has 2 aliphatic rings. The maximum Gasteiger partial charge on any atom is 0.241 e. The van der Waals surface area contributed by atoms with E-state index in [1.54, 1.807) is 49.1 Å². The molecular formula is C30H38ClN5O3S. The molecule has 3 aromatic rings. The highest BCUT2D eigenvalue weighted by Gasteiger charge is 2.44. The second-order valence-electron chi connectivity index (χ2n) is 11.4. The molecule has 1 aliphatic heterocycles. The van der Waals surface area contributed by atoms with E-state index in [0.29, 0.717) is 24.0 Å². The molecule has 8 nitrogen and oxygen atoms in total. The molecular weight excluding hydrogens is 546 g/mol. The molecule has 1 N–H and O–H groups in total. The highest BCUT2D eigenvalue weighted by Crippen LogP contribution is 2.47. The first-order chi connectivity index (χ1) is 19.2. The Balaban J connectivity index is 1.35. The van der Waals surface area contributed by atoms with Gasteiger partial charge in [-0.2, -0.15) is 9.82 Å². The topological polar surface area (TPSA) is 97.2 Å². The minimum Gasteiger partial charge on any atom is -0.341 e. The molecule has 0 bridgehead atoms. The molecule has 0 spiro atoms. The second-order valence-corrected chi connectivity index (χ2v) is 13.6. The average Bonchev–Trinajstić information content (AvgIpc) is 3.47. The normalized spacial score (nSPS) is 18.9. The summed E-state index contributed by atoms with van der Waals surface area (Å²) in [4.78, 5) is 20.1. The number of carbonyl (C=O) groups excluding carboxylic acids is 1. The molecule has 1 saturated carbocycles. The van der Waals surface area contributed by atoms with Crippen LogP contribution in [0.3, 0.4) is 0 Å². The van der Waals surface area contributed by atoms with Crippen molar-refractivity contribution < 1.29 is 13.2 Å². The maximum atomic E-state index is 14.0. The first-order valence-corrected chi connectivity index (χ1v) is 16.0. The van der Waals surface area contributed by atoms with Crippen LogP contribution in [0, 0.1) is 18.3 Å². The van der Waals surface area contributed by atoms with Gasteiger partial charge in [-0.3, -0.25) is 9.48 Å². The maximum absolute atomic E-state index is 14.0. The van der Waals surface area contributed by atoms with Crippen LogP contribution in [0.25, 0.3) is 0 Å². The number of likely N-dealkylation sites (tertiary alicyclic amines) is 1. The number of hydrogen-bond acceptors (Lipinski definition) is 5. The predicted octanol–water partition coefficient (Wildman–Crippen LogP) is 5.02. The number of nitrogens with zero attached hydrogens (tertiary/aromatic N) is 4. The summed E-state index contributed by atoms with van der Waals surface area (Å²) in [6.45, 7) is 3.89. The van der Waals surface area contributed by atoms with Crippen molar-refractivity contribution in [2.45, 2.75) is 75.8 Å². The number of amides is 1. The highest BCUT2D eigenvalue weighted by molar-refractivity contribution is 7.89. The molecule has 2 heterocycles. The van der Waals surface area contributed by atoms with Crippen molar-refractivity contribution in [2.75, 3.05) is 13.1 Å². The number of aryl methyl sites for hydroxylation is 1. The number of carbonyl (C=O) groups is 1. The van der Waals surface area contributed by atoms with E-state index in [1.807, 2.05) is 28.6 Å². The fourth-order valence-electron chi connectivity index (χ4n) is 6.45. The zero-order valence-electron chi connectivity index (χ0n) is 23.0. The van der Waals surface area contributed by atoms with Gasteiger partial charge in [-0.1, -0.05) is 60.7 Å². The summed E-state index contributed by atoms with van der Waals surface area (Å²) < 4.78 is 31.4. The third-order valence-corrected chi connectivity index (χ3v) is 10.5. The third-order valence-electron chi connectivity index (χ3n) is 8.77. The Bertz CT molecular complexity index is 1360. The van der Waals surface area contributed by atoms with Crippen LogP contribution < -0.4 is 4.72 Å². The van der Waals surface area contributed by atoms with E-state index in [1.165, 1.54) is 32.1 Å². The highest BCUT2D eigenvalue weighted by atomic mass is 35.5. The van der Waals surface area contributed by atoms with Gasteiger partial charge in [0.2, 0.25) is 15.9 Å². The van der Waals surface area contributed by atoms with Crippen LogP contribution >= 0.6 is 11.6 Å². The minimum absolute atomic E-state index is 0.0536. The molecule has 0 unspecified atom stereocenters. The quantitative estimate of drug-likeness (QED) is 0.381. The average molecular weight is 584 g/mol. The van der Waals surface area contributed by atoms with Crippen LogP contribution in [0.15, 0.2) is 66.1 Å². The number of piperidine rings is 1. The van der Waals surface area contributed by atoms with Gasteiger partial charge >= 0.3 is 0 Å². The number of rotatable bonds is 9. The first kappa shape index (κ1) is 28.8. The Morgan fingerprint density at radius 2 is 1.73 bits per heavy atom. The van der Waals surface area contributed by atoms with E-state index < -0.39 is 16.1 Å². The largest absolute Gasteiger partial charge is 0.341 e. The van der Waals surface area contributed by atoms with Crippen LogP contribution in [0.4, 0.5) is 0 Å². The molecule has 10 heteroatoms. The molecule has 1 aromatic heterocycles. The van der Waals surface area contributed by atoms with Crippen LogP contribution in [-0.4, -0.2) is 53.1 Å². The number of halogens is 1. The Morgan fingerprint density at radius 1 is 1.05 bits per heavy atom. The van der Waals surface area contributed by atoms with Gasteiger partial charge in [-0.15, -0.1) is 0 Å². The van der Waals surface area contributed by atoms with Crippen molar-refractivity contribution >= 4 is 27.5 Å². The number of nitrogens with one attached hydrogen (secondary N) is 1. The van der Waals surface area contributed by atoms with Crippen molar-refractivity contribution in [3.63, 3.8) is 0 Å². The van der Waals surface area contributed by atoms with Gasteiger partial charge in [-0.25, -0.2) is 13.4 Å². The van der Waals surface area contributed by atoms with Gasteiger partial charge in [0.25, 0.3) is 0 Å². The van der Waals surface area contributed by atoms with E-state index >= 15 is 0 Å². The second kappa shape index (κ2) is 12.4. The summed E-state index contributed by atoms with van der Waals surface area (Å²) in [7, 11) is -3.90. The van der Waals surface area contributed by atoms with E-state index in [9.17, 15) is 13.2 Å². The lowest BCUT2D eigenvalue weighted by atomic mass is 9.63. The van der Waals surface area contributed by atoms with Crippen molar-refractivity contribution in [2.24, 2.45) is 11.3 Å². The number of sulfonamides is 1. The smallest absolute Gasteiger partial charge is 0.241 e. The van der Waals surface area contributed by atoms with Crippen molar-refractivity contribution in [1.82, 2.24) is 24.4 Å². The molecule has 0 radical (unpaired) electrons. The zero-order chi connectivity index (χ0) is 28.2. The zero-order valence-corrected chi connectivity index (χ0v) is 24.6. The fraction of sp³-hybridized carbons (Fsp3) is 0.500. The van der Waals surface area contributed by atoms with Gasteiger partial charge in [0.05, 0.1) is 4.90 Å². The van der Waals surface area contributed by atoms with Gasteiger partial charge in [0.1, 0.15) is 18.7 Å². The SMILES string of the molecule is Cc1ccc(S(=O)(=O)N[C@H](Cc2ccc(Cl)cc2)C(=O)N2CCC(Cn3cncn3)(C3CCCCC3)CC2)cc1. The molecule has 214 valence electrons. The fourth-order valence-corrected chi connectivity index (χ4v) is 7.76. The van der Waals surface area contributed by atoms with Crippen LogP contribution in [-0.2, 0) is 27.8 Å². The van der Waals surface area contributed by atoms with Crippen LogP contribution in [0.1, 0.15) is 56.1 Å². The molecule has 2 aromatic carbocycles. The van der Waals surface area contributed by atoms with Crippen LogP contribution in [0.5, 0.6) is 0 Å². The molecule has 5 rings (SSSR count). The number of hydrogen-bond donors (Lipinski definition) is 1. The third kappa shape index (κ3) is 6.75. The predicted molar refractivity (Wildman–Crippen MR) is 155 cm³/mol. The lowest BCUT2D eigenvalue weighted by molar-refractivity contribution is -0.136. The minimum atomic E-state index is -3.90. The monoisotopic (exact) mass is 583 g/mol. The summed E-state index contributed by atoms with van der Waals surface area (Å²) in [6.07, 6.45) is 11.5. The summed E-state index contributed by atoms with van der Waals surface area (Å²) in [5.74, 6) is 0.399.